The zero-order chi connectivity index (χ0) is 13.5. The number of halogens is 1. The summed E-state index contributed by atoms with van der Waals surface area (Å²) < 4.78 is 23.7. The van der Waals surface area contributed by atoms with Crippen LogP contribution in [0.2, 0.25) is 0 Å². The van der Waals surface area contributed by atoms with Crippen molar-refractivity contribution in [2.75, 3.05) is 6.61 Å². The van der Waals surface area contributed by atoms with Crippen LogP contribution in [-0.2, 0) is 16.0 Å². The van der Waals surface area contributed by atoms with Crippen molar-refractivity contribution in [2.45, 2.75) is 39.7 Å². The second kappa shape index (κ2) is 6.99. The minimum absolute atomic E-state index is 0.0206. The molecule has 1 rings (SSSR count). The van der Waals surface area contributed by atoms with Crippen LogP contribution in [-0.4, -0.2) is 18.7 Å². The van der Waals surface area contributed by atoms with Crippen molar-refractivity contribution >= 4 is 5.97 Å². The summed E-state index contributed by atoms with van der Waals surface area (Å²) in [6.45, 7) is 5.97. The van der Waals surface area contributed by atoms with E-state index in [1.54, 1.807) is 13.0 Å². The van der Waals surface area contributed by atoms with Gasteiger partial charge < -0.3 is 9.47 Å². The number of esters is 1. The summed E-state index contributed by atoms with van der Waals surface area (Å²) in [5.41, 5.74) is 0.648. The Balaban J connectivity index is 2.85. The molecule has 3 nitrogen and oxygen atoms in total. The van der Waals surface area contributed by atoms with Crippen LogP contribution in [0, 0.1) is 5.82 Å². The summed E-state index contributed by atoms with van der Waals surface area (Å²) in [6, 6.07) is 4.18. The largest absolute Gasteiger partial charge is 0.490 e. The molecule has 0 radical (unpaired) electrons. The fourth-order valence-corrected chi connectivity index (χ4v) is 1.45. The number of benzene rings is 1. The molecular weight excluding hydrogens is 235 g/mol. The average molecular weight is 254 g/mol. The topological polar surface area (TPSA) is 35.5 Å². The summed E-state index contributed by atoms with van der Waals surface area (Å²) in [4.78, 5) is 11.4. The van der Waals surface area contributed by atoms with Crippen molar-refractivity contribution in [1.82, 2.24) is 0 Å². The Hall–Kier alpha value is -1.58. The third-order valence-electron chi connectivity index (χ3n) is 2.57. The molecule has 0 N–H and O–H groups in total. The van der Waals surface area contributed by atoms with Crippen LogP contribution in [0.15, 0.2) is 18.2 Å². The van der Waals surface area contributed by atoms with Crippen molar-refractivity contribution in [2.24, 2.45) is 0 Å². The molecule has 0 spiro atoms. The Labute approximate surface area is 107 Å². The van der Waals surface area contributed by atoms with E-state index in [-0.39, 0.29) is 24.3 Å². The van der Waals surface area contributed by atoms with Crippen LogP contribution < -0.4 is 4.74 Å². The van der Waals surface area contributed by atoms with Crippen molar-refractivity contribution in [1.29, 1.82) is 0 Å². The molecule has 4 heteroatoms. The molecule has 1 atom stereocenters. The number of carbonyl (C=O) groups excluding carboxylic acids is 1. The summed E-state index contributed by atoms with van der Waals surface area (Å²) in [5, 5.41) is 0. The monoisotopic (exact) mass is 254 g/mol. The van der Waals surface area contributed by atoms with E-state index in [4.69, 9.17) is 9.47 Å². The third kappa shape index (κ3) is 4.35. The van der Waals surface area contributed by atoms with Crippen LogP contribution in [0.5, 0.6) is 5.75 Å². The maximum Gasteiger partial charge on any atom is 0.310 e. The first-order chi connectivity index (χ1) is 8.56. The van der Waals surface area contributed by atoms with E-state index in [1.807, 2.05) is 13.8 Å². The van der Waals surface area contributed by atoms with Crippen molar-refractivity contribution in [3.8, 4) is 5.75 Å². The Morgan fingerprint density at radius 3 is 2.72 bits per heavy atom. The van der Waals surface area contributed by atoms with Gasteiger partial charge in [-0.25, -0.2) is 4.39 Å². The Bertz CT molecular complexity index is 404. The average Bonchev–Trinajstić information content (AvgIpc) is 2.33. The maximum atomic E-state index is 13.2. The highest BCUT2D eigenvalue weighted by atomic mass is 19.1. The Morgan fingerprint density at radius 2 is 2.11 bits per heavy atom. The first-order valence-corrected chi connectivity index (χ1v) is 6.17. The number of carbonyl (C=O) groups is 1. The maximum absolute atomic E-state index is 13.2. The summed E-state index contributed by atoms with van der Waals surface area (Å²) in [6.07, 6.45) is 0.891. The minimum Gasteiger partial charge on any atom is -0.490 e. The van der Waals surface area contributed by atoms with Crippen molar-refractivity contribution in [3.05, 3.63) is 29.6 Å². The lowest BCUT2D eigenvalue weighted by Crippen LogP contribution is -2.14. The van der Waals surface area contributed by atoms with Crippen LogP contribution in [0.4, 0.5) is 4.39 Å². The van der Waals surface area contributed by atoms with Gasteiger partial charge in [0.05, 0.1) is 19.1 Å². The second-order valence-electron chi connectivity index (χ2n) is 4.07. The normalized spacial score (nSPS) is 12.0. The first kappa shape index (κ1) is 14.5. The lowest BCUT2D eigenvalue weighted by Gasteiger charge is -2.16. The van der Waals surface area contributed by atoms with Gasteiger partial charge in [-0.2, -0.15) is 0 Å². The molecule has 0 aliphatic rings. The summed E-state index contributed by atoms with van der Waals surface area (Å²) in [5.74, 6) is -0.295. The predicted octanol–water partition coefficient (Wildman–Crippen LogP) is 3.11. The second-order valence-corrected chi connectivity index (χ2v) is 4.07. The molecule has 100 valence electrons. The molecule has 0 saturated carbocycles. The van der Waals surface area contributed by atoms with Gasteiger partial charge in [-0.15, -0.1) is 0 Å². The molecule has 1 aromatic rings. The summed E-state index contributed by atoms with van der Waals surface area (Å²) >= 11 is 0. The lowest BCUT2D eigenvalue weighted by atomic mass is 10.1. The quantitative estimate of drug-likeness (QED) is 0.732. The zero-order valence-corrected chi connectivity index (χ0v) is 11.0. The lowest BCUT2D eigenvalue weighted by molar-refractivity contribution is -0.142. The van der Waals surface area contributed by atoms with Gasteiger partial charge in [-0.1, -0.05) is 13.0 Å². The molecule has 0 saturated heterocycles. The molecule has 0 aliphatic carbocycles. The van der Waals surface area contributed by atoms with Crippen LogP contribution >= 0.6 is 0 Å². The molecular formula is C14H19FO3. The third-order valence-corrected chi connectivity index (χ3v) is 2.57. The molecule has 0 unspecified atom stereocenters. The Kier molecular flexibility index (Phi) is 5.62. The van der Waals surface area contributed by atoms with Gasteiger partial charge in [0.15, 0.2) is 0 Å². The number of rotatable bonds is 6. The van der Waals surface area contributed by atoms with Gasteiger partial charge in [0.25, 0.3) is 0 Å². The molecule has 0 fully saturated rings. The fourth-order valence-electron chi connectivity index (χ4n) is 1.45. The molecule has 0 amide bonds. The fraction of sp³-hybridized carbons (Fsp3) is 0.500. The van der Waals surface area contributed by atoms with Gasteiger partial charge in [0.2, 0.25) is 0 Å². The van der Waals surface area contributed by atoms with E-state index in [0.29, 0.717) is 17.9 Å². The first-order valence-electron chi connectivity index (χ1n) is 6.17. The molecule has 18 heavy (non-hydrogen) atoms. The standard InChI is InChI=1S/C14H19FO3/c1-4-10(3)18-13-9-12(15)7-6-11(13)8-14(16)17-5-2/h6-7,9-10H,4-5,8H2,1-3H3/t10-/m1/s1. The highest BCUT2D eigenvalue weighted by molar-refractivity contribution is 5.73. The molecule has 0 heterocycles. The van der Waals surface area contributed by atoms with Crippen LogP contribution in [0.1, 0.15) is 32.8 Å². The summed E-state index contributed by atoms with van der Waals surface area (Å²) in [7, 11) is 0. The molecule has 0 aliphatic heterocycles. The van der Waals surface area contributed by atoms with E-state index in [1.165, 1.54) is 12.1 Å². The number of hydrogen-bond acceptors (Lipinski definition) is 3. The molecule has 0 aromatic heterocycles. The smallest absolute Gasteiger partial charge is 0.310 e. The zero-order valence-electron chi connectivity index (χ0n) is 11.0. The van der Waals surface area contributed by atoms with E-state index < -0.39 is 0 Å². The van der Waals surface area contributed by atoms with Gasteiger partial charge in [-0.3, -0.25) is 4.79 Å². The number of ether oxygens (including phenoxy) is 2. The van der Waals surface area contributed by atoms with E-state index in [9.17, 15) is 9.18 Å². The molecule has 1 aromatic carbocycles. The van der Waals surface area contributed by atoms with E-state index >= 15 is 0 Å². The van der Waals surface area contributed by atoms with Gasteiger partial charge >= 0.3 is 5.97 Å². The minimum atomic E-state index is -0.374. The van der Waals surface area contributed by atoms with E-state index in [0.717, 1.165) is 6.42 Å². The van der Waals surface area contributed by atoms with Crippen LogP contribution in [0.25, 0.3) is 0 Å². The number of hydrogen-bond donors (Lipinski definition) is 0. The van der Waals surface area contributed by atoms with Crippen LogP contribution in [0.3, 0.4) is 0 Å². The van der Waals surface area contributed by atoms with Crippen molar-refractivity contribution < 1.29 is 18.7 Å². The SMILES string of the molecule is CCOC(=O)Cc1ccc(F)cc1O[C@H](C)CC. The molecule has 0 bridgehead atoms. The van der Waals surface area contributed by atoms with E-state index in [2.05, 4.69) is 0 Å². The highest BCUT2D eigenvalue weighted by Gasteiger charge is 2.12. The van der Waals surface area contributed by atoms with Gasteiger partial charge in [0.1, 0.15) is 11.6 Å². The van der Waals surface area contributed by atoms with Crippen molar-refractivity contribution in [3.63, 3.8) is 0 Å². The highest BCUT2D eigenvalue weighted by Crippen LogP contribution is 2.22. The Morgan fingerprint density at radius 1 is 1.39 bits per heavy atom. The predicted molar refractivity (Wildman–Crippen MR) is 67.1 cm³/mol. The van der Waals surface area contributed by atoms with Gasteiger partial charge in [-0.05, 0) is 26.3 Å². The van der Waals surface area contributed by atoms with Gasteiger partial charge in [0, 0.05) is 11.6 Å².